The fourth-order valence-electron chi connectivity index (χ4n) is 3.12. The Morgan fingerprint density at radius 2 is 1.86 bits per heavy atom. The minimum Gasteiger partial charge on any atom is -0.463 e. The summed E-state index contributed by atoms with van der Waals surface area (Å²) in [6, 6.07) is 3.83. The van der Waals surface area contributed by atoms with Crippen molar-refractivity contribution in [3.05, 3.63) is 29.5 Å². The van der Waals surface area contributed by atoms with E-state index in [0.717, 1.165) is 48.0 Å². The van der Waals surface area contributed by atoms with Crippen LogP contribution in [-0.2, 0) is 4.74 Å². The van der Waals surface area contributed by atoms with Crippen molar-refractivity contribution in [2.24, 2.45) is 0 Å². The summed E-state index contributed by atoms with van der Waals surface area (Å²) in [5, 5.41) is 1.96. The lowest BCUT2D eigenvalue weighted by molar-refractivity contribution is 0.0587. The first-order valence-electron chi connectivity index (χ1n) is 8.90. The maximum Gasteiger partial charge on any atom is 0.376 e. The molecule has 1 aliphatic heterocycles. The molecule has 4 heterocycles. The molecule has 0 bridgehead atoms. The van der Waals surface area contributed by atoms with Gasteiger partial charge in [0, 0.05) is 46.5 Å². The molecular formula is C18H21N7O2S. The summed E-state index contributed by atoms with van der Waals surface area (Å²) in [4.78, 5) is 36.0. The molecule has 28 heavy (non-hydrogen) atoms. The smallest absolute Gasteiger partial charge is 0.376 e. The number of carbonyl (C=O) groups excluding carboxylic acids is 1. The highest BCUT2D eigenvalue weighted by molar-refractivity contribution is 7.17. The quantitative estimate of drug-likeness (QED) is 0.608. The van der Waals surface area contributed by atoms with E-state index in [9.17, 15) is 4.79 Å². The van der Waals surface area contributed by atoms with Crippen LogP contribution in [0.2, 0.25) is 0 Å². The molecule has 0 radical (unpaired) electrons. The number of ether oxygens (including phenoxy) is 1. The fraction of sp³-hybridized carbons (Fsp3) is 0.389. The van der Waals surface area contributed by atoms with Crippen molar-refractivity contribution in [2.75, 3.05) is 62.1 Å². The molecule has 0 spiro atoms. The zero-order valence-corrected chi connectivity index (χ0v) is 16.8. The van der Waals surface area contributed by atoms with E-state index in [4.69, 9.17) is 4.74 Å². The second-order valence-electron chi connectivity index (χ2n) is 6.58. The number of hydrogen-bond donors (Lipinski definition) is 0. The standard InChI is InChI=1S/C18H21N7O2S/c1-23(2)18-19-6-4-13(21-18)24-7-9-25(10-8-24)16-14-12(5-11-28-14)20-15(22-16)17(26)27-3/h4-6,11H,7-10H2,1-3H3. The first-order chi connectivity index (χ1) is 13.6. The Kier molecular flexibility index (Phi) is 4.95. The molecule has 10 heteroatoms. The van der Waals surface area contributed by atoms with Gasteiger partial charge in [0.1, 0.15) is 5.82 Å². The third-order valence-electron chi connectivity index (χ3n) is 4.59. The maximum absolute atomic E-state index is 11.9. The molecule has 0 aliphatic carbocycles. The van der Waals surface area contributed by atoms with E-state index in [0.29, 0.717) is 5.95 Å². The van der Waals surface area contributed by atoms with E-state index in [1.807, 2.05) is 36.5 Å². The minimum absolute atomic E-state index is 0.0947. The van der Waals surface area contributed by atoms with Gasteiger partial charge in [0.25, 0.3) is 0 Å². The number of carbonyl (C=O) groups is 1. The largest absolute Gasteiger partial charge is 0.463 e. The first kappa shape index (κ1) is 18.4. The molecule has 9 nitrogen and oxygen atoms in total. The highest BCUT2D eigenvalue weighted by Gasteiger charge is 2.24. The Labute approximate surface area is 166 Å². The van der Waals surface area contributed by atoms with Gasteiger partial charge in [-0.3, -0.25) is 0 Å². The van der Waals surface area contributed by atoms with Crippen LogP contribution < -0.4 is 14.7 Å². The molecule has 1 fully saturated rings. The van der Waals surface area contributed by atoms with Crippen molar-refractivity contribution < 1.29 is 9.53 Å². The van der Waals surface area contributed by atoms with Gasteiger partial charge in [-0.25, -0.2) is 19.7 Å². The predicted octanol–water partition coefficient (Wildman–Crippen LogP) is 1.66. The number of rotatable bonds is 4. The van der Waals surface area contributed by atoms with Crippen LogP contribution in [0.3, 0.4) is 0 Å². The van der Waals surface area contributed by atoms with Crippen molar-refractivity contribution in [3.63, 3.8) is 0 Å². The number of nitrogens with zero attached hydrogens (tertiary/aromatic N) is 7. The third-order valence-corrected chi connectivity index (χ3v) is 5.48. The molecule has 0 aromatic carbocycles. The first-order valence-corrected chi connectivity index (χ1v) is 9.78. The summed E-state index contributed by atoms with van der Waals surface area (Å²) in [5.74, 6) is 1.97. The van der Waals surface area contributed by atoms with Crippen LogP contribution in [0.25, 0.3) is 10.2 Å². The lowest BCUT2D eigenvalue weighted by Crippen LogP contribution is -2.47. The molecule has 1 saturated heterocycles. The van der Waals surface area contributed by atoms with E-state index >= 15 is 0 Å². The number of methoxy groups -OCH3 is 1. The van der Waals surface area contributed by atoms with Crippen LogP contribution in [0.4, 0.5) is 17.6 Å². The van der Waals surface area contributed by atoms with Gasteiger partial charge in [0.2, 0.25) is 11.8 Å². The molecule has 0 amide bonds. The number of hydrogen-bond acceptors (Lipinski definition) is 10. The number of esters is 1. The number of piperazine rings is 1. The summed E-state index contributed by atoms with van der Waals surface area (Å²) in [5.41, 5.74) is 0.768. The van der Waals surface area contributed by atoms with Crippen molar-refractivity contribution in [1.29, 1.82) is 0 Å². The van der Waals surface area contributed by atoms with E-state index in [1.54, 1.807) is 17.5 Å². The van der Waals surface area contributed by atoms with Gasteiger partial charge in [-0.05, 0) is 17.5 Å². The topological polar surface area (TPSA) is 87.6 Å². The highest BCUT2D eigenvalue weighted by Crippen LogP contribution is 2.30. The lowest BCUT2D eigenvalue weighted by atomic mass is 10.3. The normalized spacial score (nSPS) is 14.4. The molecule has 0 N–H and O–H groups in total. The molecule has 1 aliphatic rings. The van der Waals surface area contributed by atoms with Gasteiger partial charge >= 0.3 is 5.97 Å². The second kappa shape index (κ2) is 7.55. The molecule has 3 aromatic heterocycles. The second-order valence-corrected chi connectivity index (χ2v) is 7.50. The molecule has 146 valence electrons. The summed E-state index contributed by atoms with van der Waals surface area (Å²) in [6.07, 6.45) is 1.78. The Bertz CT molecular complexity index is 999. The van der Waals surface area contributed by atoms with Crippen molar-refractivity contribution in [2.45, 2.75) is 0 Å². The van der Waals surface area contributed by atoms with Gasteiger partial charge in [0.15, 0.2) is 5.82 Å². The Hall–Kier alpha value is -3.01. The van der Waals surface area contributed by atoms with Gasteiger partial charge in [-0.2, -0.15) is 4.98 Å². The lowest BCUT2D eigenvalue weighted by Gasteiger charge is -2.36. The molecular weight excluding hydrogens is 378 g/mol. The summed E-state index contributed by atoms with van der Waals surface area (Å²) >= 11 is 1.58. The van der Waals surface area contributed by atoms with Crippen LogP contribution in [0.15, 0.2) is 23.7 Å². The summed E-state index contributed by atoms with van der Waals surface area (Å²) < 4.78 is 5.79. The average Bonchev–Trinajstić information content (AvgIpc) is 3.21. The predicted molar refractivity (Wildman–Crippen MR) is 110 cm³/mol. The molecule has 0 unspecified atom stereocenters. The zero-order valence-electron chi connectivity index (χ0n) is 16.0. The van der Waals surface area contributed by atoms with Crippen molar-refractivity contribution in [3.8, 4) is 0 Å². The van der Waals surface area contributed by atoms with E-state index in [2.05, 4.69) is 29.7 Å². The van der Waals surface area contributed by atoms with Crippen LogP contribution in [-0.4, -0.2) is 73.3 Å². The Morgan fingerprint density at radius 3 is 2.57 bits per heavy atom. The SMILES string of the molecule is COC(=O)c1nc(N2CCN(c3ccnc(N(C)C)n3)CC2)c2sccc2n1. The summed E-state index contributed by atoms with van der Waals surface area (Å²) in [7, 11) is 5.19. The Balaban J connectivity index is 1.56. The molecule has 4 rings (SSSR count). The van der Waals surface area contributed by atoms with Crippen LogP contribution in [0.5, 0.6) is 0 Å². The van der Waals surface area contributed by atoms with Crippen molar-refractivity contribution in [1.82, 2.24) is 19.9 Å². The average molecular weight is 399 g/mol. The third kappa shape index (κ3) is 3.42. The number of fused-ring (bicyclic) bond motifs is 1. The van der Waals surface area contributed by atoms with Crippen LogP contribution in [0.1, 0.15) is 10.6 Å². The van der Waals surface area contributed by atoms with Gasteiger partial charge in [0.05, 0.1) is 17.3 Å². The Morgan fingerprint density at radius 1 is 1.11 bits per heavy atom. The molecule has 0 atom stereocenters. The van der Waals surface area contributed by atoms with Crippen LogP contribution in [0, 0.1) is 0 Å². The van der Waals surface area contributed by atoms with E-state index in [1.165, 1.54) is 7.11 Å². The molecule has 3 aromatic rings. The minimum atomic E-state index is -0.523. The zero-order chi connectivity index (χ0) is 19.7. The number of anilines is 3. The number of thiophene rings is 1. The van der Waals surface area contributed by atoms with Crippen LogP contribution >= 0.6 is 11.3 Å². The van der Waals surface area contributed by atoms with Crippen molar-refractivity contribution >= 4 is 45.1 Å². The van der Waals surface area contributed by atoms with E-state index < -0.39 is 5.97 Å². The highest BCUT2D eigenvalue weighted by atomic mass is 32.1. The fourth-order valence-corrected chi connectivity index (χ4v) is 3.97. The number of aromatic nitrogens is 4. The van der Waals surface area contributed by atoms with Gasteiger partial charge < -0.3 is 19.4 Å². The van der Waals surface area contributed by atoms with Gasteiger partial charge in [-0.1, -0.05) is 0 Å². The van der Waals surface area contributed by atoms with E-state index in [-0.39, 0.29) is 5.82 Å². The molecule has 0 saturated carbocycles. The summed E-state index contributed by atoms with van der Waals surface area (Å²) in [6.45, 7) is 3.14. The monoisotopic (exact) mass is 399 g/mol. The van der Waals surface area contributed by atoms with Gasteiger partial charge in [-0.15, -0.1) is 11.3 Å². The maximum atomic E-state index is 11.9.